The fraction of sp³-hybridized carbons (Fsp3) is 0.222. The number of aryl methyl sites for hydroxylation is 1. The fourth-order valence-corrected chi connectivity index (χ4v) is 2.30. The lowest BCUT2D eigenvalue weighted by molar-refractivity contribution is -0.116. The first-order chi connectivity index (χ1) is 11.5. The summed E-state index contributed by atoms with van der Waals surface area (Å²) >= 11 is 5.81. The van der Waals surface area contributed by atoms with Crippen LogP contribution in [0.3, 0.4) is 0 Å². The van der Waals surface area contributed by atoms with Gasteiger partial charge < -0.3 is 10.1 Å². The summed E-state index contributed by atoms with van der Waals surface area (Å²) in [6, 6.07) is 11.2. The third-order valence-electron chi connectivity index (χ3n) is 3.45. The van der Waals surface area contributed by atoms with Gasteiger partial charge in [0.15, 0.2) is 0 Å². The normalized spacial score (nSPS) is 10.3. The number of hydrogen-bond acceptors (Lipinski definition) is 3. The largest absolute Gasteiger partial charge is 0.465 e. The molecule has 126 valence electrons. The number of esters is 1. The zero-order valence-electron chi connectivity index (χ0n) is 13.1. The number of ether oxygens (including phenoxy) is 1. The molecule has 0 fully saturated rings. The second kappa shape index (κ2) is 8.45. The van der Waals surface area contributed by atoms with E-state index in [0.29, 0.717) is 11.4 Å². The summed E-state index contributed by atoms with van der Waals surface area (Å²) in [4.78, 5) is 23.2. The number of anilines is 1. The molecule has 1 N–H and O–H groups in total. The predicted molar refractivity (Wildman–Crippen MR) is 90.8 cm³/mol. The average molecular weight is 350 g/mol. The molecule has 0 heterocycles. The van der Waals surface area contributed by atoms with E-state index in [0.717, 1.165) is 18.1 Å². The van der Waals surface area contributed by atoms with E-state index in [9.17, 15) is 14.0 Å². The number of benzene rings is 2. The molecule has 0 aliphatic carbocycles. The van der Waals surface area contributed by atoms with E-state index in [2.05, 4.69) is 10.1 Å². The van der Waals surface area contributed by atoms with E-state index in [1.807, 2.05) is 12.1 Å². The number of methoxy groups -OCH3 is 1. The van der Waals surface area contributed by atoms with Crippen molar-refractivity contribution < 1.29 is 18.7 Å². The molecule has 2 rings (SSSR count). The van der Waals surface area contributed by atoms with Crippen molar-refractivity contribution in [1.29, 1.82) is 0 Å². The van der Waals surface area contributed by atoms with Gasteiger partial charge in [0.05, 0.1) is 18.4 Å². The molecule has 0 aromatic heterocycles. The van der Waals surface area contributed by atoms with Crippen LogP contribution in [0.15, 0.2) is 42.5 Å². The van der Waals surface area contributed by atoms with E-state index in [4.69, 9.17) is 11.6 Å². The molecule has 0 aliphatic heterocycles. The minimum atomic E-state index is -0.677. The van der Waals surface area contributed by atoms with E-state index in [-0.39, 0.29) is 23.6 Å². The molecule has 1 amide bonds. The first kappa shape index (κ1) is 17.9. The SMILES string of the molecule is COC(=O)c1ccc(NC(=O)CCCc2ccc(Cl)cc2)c(F)c1. The molecule has 0 radical (unpaired) electrons. The smallest absolute Gasteiger partial charge is 0.337 e. The summed E-state index contributed by atoms with van der Waals surface area (Å²) < 4.78 is 18.4. The van der Waals surface area contributed by atoms with Crippen LogP contribution in [-0.2, 0) is 16.0 Å². The van der Waals surface area contributed by atoms with Crippen LogP contribution in [0.5, 0.6) is 0 Å². The van der Waals surface area contributed by atoms with Crippen molar-refractivity contribution in [1.82, 2.24) is 0 Å². The van der Waals surface area contributed by atoms with Crippen molar-refractivity contribution in [2.45, 2.75) is 19.3 Å². The van der Waals surface area contributed by atoms with E-state index in [1.54, 1.807) is 12.1 Å². The van der Waals surface area contributed by atoms with E-state index >= 15 is 0 Å². The van der Waals surface area contributed by atoms with Gasteiger partial charge in [0.25, 0.3) is 0 Å². The van der Waals surface area contributed by atoms with Crippen LogP contribution in [0.25, 0.3) is 0 Å². The molecule has 0 atom stereocenters. The van der Waals surface area contributed by atoms with Gasteiger partial charge in [-0.1, -0.05) is 23.7 Å². The van der Waals surface area contributed by atoms with E-state index in [1.165, 1.54) is 19.2 Å². The van der Waals surface area contributed by atoms with Crippen molar-refractivity contribution >= 4 is 29.2 Å². The lowest BCUT2D eigenvalue weighted by Crippen LogP contribution is -2.13. The summed E-state index contributed by atoms with van der Waals surface area (Å²) in [6.07, 6.45) is 1.63. The Hall–Kier alpha value is -2.40. The minimum Gasteiger partial charge on any atom is -0.465 e. The second-order valence-electron chi connectivity index (χ2n) is 5.21. The Bertz CT molecular complexity index is 732. The Balaban J connectivity index is 1.85. The molecular formula is C18H17ClFNO3. The summed E-state index contributed by atoms with van der Waals surface area (Å²) in [5.41, 5.74) is 1.22. The Morgan fingerprint density at radius 2 is 1.88 bits per heavy atom. The third-order valence-corrected chi connectivity index (χ3v) is 3.70. The quantitative estimate of drug-likeness (QED) is 0.794. The summed E-state index contributed by atoms with van der Waals surface area (Å²) in [5.74, 6) is -1.59. The van der Waals surface area contributed by atoms with Gasteiger partial charge in [-0.2, -0.15) is 0 Å². The van der Waals surface area contributed by atoms with Crippen LogP contribution in [0.4, 0.5) is 10.1 Å². The Morgan fingerprint density at radius 1 is 1.17 bits per heavy atom. The van der Waals surface area contributed by atoms with Crippen LogP contribution in [-0.4, -0.2) is 19.0 Å². The van der Waals surface area contributed by atoms with Crippen molar-refractivity contribution in [3.8, 4) is 0 Å². The average Bonchev–Trinajstić information content (AvgIpc) is 2.57. The number of halogens is 2. The molecule has 0 unspecified atom stereocenters. The second-order valence-corrected chi connectivity index (χ2v) is 5.65. The van der Waals surface area contributed by atoms with Gasteiger partial charge in [-0.25, -0.2) is 9.18 Å². The van der Waals surface area contributed by atoms with Crippen LogP contribution in [0.2, 0.25) is 5.02 Å². The molecule has 2 aromatic carbocycles. The molecule has 0 saturated carbocycles. The maximum absolute atomic E-state index is 13.9. The van der Waals surface area contributed by atoms with Crippen molar-refractivity contribution in [3.63, 3.8) is 0 Å². The Morgan fingerprint density at radius 3 is 2.50 bits per heavy atom. The number of carbonyl (C=O) groups is 2. The summed E-state index contributed by atoms with van der Waals surface area (Å²) in [6.45, 7) is 0. The highest BCUT2D eigenvalue weighted by Crippen LogP contribution is 2.17. The third kappa shape index (κ3) is 5.06. The van der Waals surface area contributed by atoms with Crippen LogP contribution < -0.4 is 5.32 Å². The monoisotopic (exact) mass is 349 g/mol. The molecule has 0 spiro atoms. The highest BCUT2D eigenvalue weighted by Gasteiger charge is 2.11. The lowest BCUT2D eigenvalue weighted by atomic mass is 10.1. The van der Waals surface area contributed by atoms with Crippen molar-refractivity contribution in [2.24, 2.45) is 0 Å². The van der Waals surface area contributed by atoms with Crippen LogP contribution >= 0.6 is 11.6 Å². The predicted octanol–water partition coefficient (Wildman–Crippen LogP) is 4.23. The molecular weight excluding hydrogens is 333 g/mol. The zero-order valence-corrected chi connectivity index (χ0v) is 13.9. The molecule has 4 nitrogen and oxygen atoms in total. The van der Waals surface area contributed by atoms with E-state index < -0.39 is 11.8 Å². The van der Waals surface area contributed by atoms with Gasteiger partial charge in [-0.05, 0) is 48.7 Å². The standard InChI is InChI=1S/C18H17ClFNO3/c1-24-18(23)13-7-10-16(15(20)11-13)21-17(22)4-2-3-12-5-8-14(19)9-6-12/h5-11H,2-4H2,1H3,(H,21,22). The number of rotatable bonds is 6. The summed E-state index contributed by atoms with van der Waals surface area (Å²) in [7, 11) is 1.22. The summed E-state index contributed by atoms with van der Waals surface area (Å²) in [5, 5.41) is 3.17. The molecule has 24 heavy (non-hydrogen) atoms. The minimum absolute atomic E-state index is 0.0409. The molecule has 0 aliphatic rings. The maximum atomic E-state index is 13.9. The van der Waals surface area contributed by atoms with Gasteiger partial charge in [0.1, 0.15) is 5.82 Å². The molecule has 6 heteroatoms. The first-order valence-corrected chi connectivity index (χ1v) is 7.79. The van der Waals surface area contributed by atoms with Crippen LogP contribution in [0.1, 0.15) is 28.8 Å². The zero-order chi connectivity index (χ0) is 17.5. The van der Waals surface area contributed by atoms with Gasteiger partial charge in [-0.3, -0.25) is 4.79 Å². The highest BCUT2D eigenvalue weighted by atomic mass is 35.5. The number of amides is 1. The number of hydrogen-bond donors (Lipinski definition) is 1. The van der Waals surface area contributed by atoms with Crippen molar-refractivity contribution in [3.05, 3.63) is 64.4 Å². The van der Waals surface area contributed by atoms with Crippen molar-refractivity contribution in [2.75, 3.05) is 12.4 Å². The molecule has 0 saturated heterocycles. The molecule has 0 bridgehead atoms. The van der Waals surface area contributed by atoms with Crippen LogP contribution in [0, 0.1) is 5.82 Å². The molecule has 2 aromatic rings. The Kier molecular flexibility index (Phi) is 6.32. The maximum Gasteiger partial charge on any atom is 0.337 e. The number of nitrogens with one attached hydrogen (secondary N) is 1. The first-order valence-electron chi connectivity index (χ1n) is 7.42. The number of carbonyl (C=O) groups excluding carboxylic acids is 2. The lowest BCUT2D eigenvalue weighted by Gasteiger charge is -2.08. The van der Waals surface area contributed by atoms with Gasteiger partial charge in [0, 0.05) is 11.4 Å². The van der Waals surface area contributed by atoms with Gasteiger partial charge in [0.2, 0.25) is 5.91 Å². The Labute approximate surface area is 144 Å². The fourth-order valence-electron chi connectivity index (χ4n) is 2.18. The van der Waals surface area contributed by atoms with Gasteiger partial charge >= 0.3 is 5.97 Å². The highest BCUT2D eigenvalue weighted by molar-refractivity contribution is 6.30. The van der Waals surface area contributed by atoms with Gasteiger partial charge in [-0.15, -0.1) is 0 Å². The topological polar surface area (TPSA) is 55.4 Å².